The van der Waals surface area contributed by atoms with Gasteiger partial charge in [-0.1, -0.05) is 30.3 Å². The molecule has 0 radical (unpaired) electrons. The maximum atomic E-state index is 12.6. The lowest BCUT2D eigenvalue weighted by Crippen LogP contribution is -2.21. The summed E-state index contributed by atoms with van der Waals surface area (Å²) < 4.78 is 5.21. The van der Waals surface area contributed by atoms with Crippen LogP contribution in [0.3, 0.4) is 0 Å². The fourth-order valence-corrected chi connectivity index (χ4v) is 2.33. The van der Waals surface area contributed by atoms with Gasteiger partial charge >= 0.3 is 0 Å². The molecular weight excluding hydrogens is 276 g/mol. The van der Waals surface area contributed by atoms with E-state index in [1.165, 1.54) is 5.01 Å². The Hall–Kier alpha value is -2.88. The summed E-state index contributed by atoms with van der Waals surface area (Å²) in [6.45, 7) is 1.84. The number of nitrogens with zero attached hydrogens (tertiary/aromatic N) is 2. The monoisotopic (exact) mass is 292 g/mol. The molecule has 110 valence electrons. The lowest BCUT2D eigenvalue weighted by Gasteiger charge is -2.11. The van der Waals surface area contributed by atoms with Crippen molar-refractivity contribution < 1.29 is 9.53 Å². The van der Waals surface area contributed by atoms with Crippen molar-refractivity contribution in [1.29, 1.82) is 0 Å². The fraction of sp³-hybridized carbons (Fsp3) is 0.111. The van der Waals surface area contributed by atoms with Crippen LogP contribution in [-0.2, 0) is 4.79 Å². The SMILES string of the molecule is COc1cccc(/C=C2/C(=O)N(c3ccccc3)N=C2C)c1. The number of rotatable bonds is 3. The maximum absolute atomic E-state index is 12.6. The molecule has 3 rings (SSSR count). The van der Waals surface area contributed by atoms with Crippen LogP contribution in [0.1, 0.15) is 12.5 Å². The zero-order valence-corrected chi connectivity index (χ0v) is 12.5. The summed E-state index contributed by atoms with van der Waals surface area (Å²) in [4.78, 5) is 12.6. The molecule has 2 aromatic carbocycles. The van der Waals surface area contributed by atoms with E-state index in [1.807, 2.05) is 67.6 Å². The summed E-state index contributed by atoms with van der Waals surface area (Å²) in [5, 5.41) is 5.79. The Kier molecular flexibility index (Phi) is 3.74. The van der Waals surface area contributed by atoms with Crippen molar-refractivity contribution in [3.63, 3.8) is 0 Å². The number of ether oxygens (including phenoxy) is 1. The molecule has 2 aromatic rings. The van der Waals surface area contributed by atoms with Crippen LogP contribution in [0.25, 0.3) is 6.08 Å². The van der Waals surface area contributed by atoms with Gasteiger partial charge in [-0.2, -0.15) is 10.1 Å². The second kappa shape index (κ2) is 5.85. The van der Waals surface area contributed by atoms with Gasteiger partial charge in [0.2, 0.25) is 0 Å². The van der Waals surface area contributed by atoms with Gasteiger partial charge in [0.15, 0.2) is 0 Å². The van der Waals surface area contributed by atoms with E-state index in [-0.39, 0.29) is 5.91 Å². The predicted octanol–water partition coefficient (Wildman–Crippen LogP) is 3.50. The molecule has 0 atom stereocenters. The molecule has 22 heavy (non-hydrogen) atoms. The van der Waals surface area contributed by atoms with E-state index < -0.39 is 0 Å². The van der Waals surface area contributed by atoms with E-state index in [0.717, 1.165) is 17.0 Å². The first-order valence-corrected chi connectivity index (χ1v) is 7.00. The third-order valence-electron chi connectivity index (χ3n) is 3.47. The van der Waals surface area contributed by atoms with Crippen molar-refractivity contribution in [2.75, 3.05) is 12.1 Å². The van der Waals surface area contributed by atoms with Crippen LogP contribution < -0.4 is 9.75 Å². The second-order valence-corrected chi connectivity index (χ2v) is 4.97. The molecule has 1 amide bonds. The Balaban J connectivity index is 1.94. The average Bonchev–Trinajstić information content (AvgIpc) is 2.84. The maximum Gasteiger partial charge on any atom is 0.280 e. The molecule has 4 nitrogen and oxygen atoms in total. The van der Waals surface area contributed by atoms with Gasteiger partial charge in [0.25, 0.3) is 5.91 Å². The first-order chi connectivity index (χ1) is 10.7. The molecule has 0 saturated heterocycles. The van der Waals surface area contributed by atoms with Gasteiger partial charge < -0.3 is 4.74 Å². The number of hydrogen-bond donors (Lipinski definition) is 0. The Morgan fingerprint density at radius 1 is 1.09 bits per heavy atom. The molecule has 4 heteroatoms. The summed E-state index contributed by atoms with van der Waals surface area (Å²) in [5.41, 5.74) is 2.97. The normalized spacial score (nSPS) is 16.1. The van der Waals surface area contributed by atoms with Crippen LogP contribution in [0.5, 0.6) is 5.75 Å². The topological polar surface area (TPSA) is 41.9 Å². The van der Waals surface area contributed by atoms with E-state index in [4.69, 9.17) is 4.74 Å². The van der Waals surface area contributed by atoms with E-state index in [0.29, 0.717) is 11.3 Å². The van der Waals surface area contributed by atoms with E-state index >= 15 is 0 Å². The zero-order chi connectivity index (χ0) is 15.5. The van der Waals surface area contributed by atoms with Gasteiger partial charge in [0.1, 0.15) is 5.75 Å². The predicted molar refractivity (Wildman–Crippen MR) is 88.0 cm³/mol. The molecule has 1 aliphatic heterocycles. The van der Waals surface area contributed by atoms with Crippen LogP contribution in [0.2, 0.25) is 0 Å². The van der Waals surface area contributed by atoms with Crippen LogP contribution in [0, 0.1) is 0 Å². The highest BCUT2D eigenvalue weighted by molar-refractivity contribution is 6.32. The van der Waals surface area contributed by atoms with Gasteiger partial charge in [-0.25, -0.2) is 0 Å². The quantitative estimate of drug-likeness (QED) is 0.812. The summed E-state index contributed by atoms with van der Waals surface area (Å²) in [5.74, 6) is 0.640. The number of carbonyl (C=O) groups excluding carboxylic acids is 1. The molecule has 0 bridgehead atoms. The highest BCUT2D eigenvalue weighted by atomic mass is 16.5. The number of anilines is 1. The Labute approximate surface area is 129 Å². The second-order valence-electron chi connectivity index (χ2n) is 4.97. The summed E-state index contributed by atoms with van der Waals surface area (Å²) in [6, 6.07) is 17.0. The van der Waals surface area contributed by atoms with Crippen molar-refractivity contribution in [1.82, 2.24) is 0 Å². The van der Waals surface area contributed by atoms with Gasteiger partial charge in [0.05, 0.1) is 24.1 Å². The summed E-state index contributed by atoms with van der Waals surface area (Å²) in [7, 11) is 1.62. The molecule has 1 aliphatic rings. The van der Waals surface area contributed by atoms with Gasteiger partial charge in [-0.3, -0.25) is 4.79 Å². The fourth-order valence-electron chi connectivity index (χ4n) is 2.33. The number of amides is 1. The minimum absolute atomic E-state index is 0.119. The van der Waals surface area contributed by atoms with E-state index in [1.54, 1.807) is 7.11 Å². The molecule has 1 heterocycles. The number of hydrogen-bond acceptors (Lipinski definition) is 3. The minimum atomic E-state index is -0.119. The van der Waals surface area contributed by atoms with Gasteiger partial charge in [-0.15, -0.1) is 0 Å². The van der Waals surface area contributed by atoms with Crippen molar-refractivity contribution in [3.8, 4) is 5.75 Å². The van der Waals surface area contributed by atoms with Crippen LogP contribution in [0.4, 0.5) is 5.69 Å². The van der Waals surface area contributed by atoms with E-state index in [2.05, 4.69) is 5.10 Å². The summed E-state index contributed by atoms with van der Waals surface area (Å²) in [6.07, 6.45) is 1.84. The van der Waals surface area contributed by atoms with Crippen LogP contribution in [0.15, 0.2) is 65.3 Å². The highest BCUT2D eigenvalue weighted by Crippen LogP contribution is 2.25. The molecule has 0 unspecified atom stereocenters. The highest BCUT2D eigenvalue weighted by Gasteiger charge is 2.28. The van der Waals surface area contributed by atoms with Crippen molar-refractivity contribution in [2.24, 2.45) is 5.10 Å². The van der Waals surface area contributed by atoms with Crippen molar-refractivity contribution >= 4 is 23.4 Å². The van der Waals surface area contributed by atoms with Crippen LogP contribution in [-0.4, -0.2) is 18.7 Å². The minimum Gasteiger partial charge on any atom is -0.497 e. The number of hydrazone groups is 1. The molecule has 0 spiro atoms. The number of carbonyl (C=O) groups is 1. The smallest absolute Gasteiger partial charge is 0.280 e. The van der Waals surface area contributed by atoms with Crippen molar-refractivity contribution in [2.45, 2.75) is 6.92 Å². The molecule has 0 saturated carbocycles. The standard InChI is InChI=1S/C18H16N2O2/c1-13-17(12-14-7-6-10-16(11-14)22-2)18(21)20(19-13)15-8-4-3-5-9-15/h3-12H,1-2H3/b17-12+. The largest absolute Gasteiger partial charge is 0.497 e. The number of benzene rings is 2. The lowest BCUT2D eigenvalue weighted by molar-refractivity contribution is -0.114. The number of para-hydroxylation sites is 1. The Bertz CT molecular complexity index is 764. The third-order valence-corrected chi connectivity index (χ3v) is 3.47. The van der Waals surface area contributed by atoms with Gasteiger partial charge in [-0.05, 0) is 42.8 Å². The molecule has 0 N–H and O–H groups in total. The van der Waals surface area contributed by atoms with Crippen molar-refractivity contribution in [3.05, 3.63) is 65.7 Å². The Morgan fingerprint density at radius 2 is 1.86 bits per heavy atom. The zero-order valence-electron chi connectivity index (χ0n) is 12.5. The molecule has 0 aromatic heterocycles. The average molecular weight is 292 g/mol. The first kappa shape index (κ1) is 14.1. The number of methoxy groups -OCH3 is 1. The van der Waals surface area contributed by atoms with Gasteiger partial charge in [0, 0.05) is 0 Å². The lowest BCUT2D eigenvalue weighted by atomic mass is 10.1. The van der Waals surface area contributed by atoms with E-state index in [9.17, 15) is 4.79 Å². The Morgan fingerprint density at radius 3 is 2.59 bits per heavy atom. The summed E-state index contributed by atoms with van der Waals surface area (Å²) >= 11 is 0. The van der Waals surface area contributed by atoms with Crippen LogP contribution >= 0.6 is 0 Å². The molecule has 0 aliphatic carbocycles. The molecular formula is C18H16N2O2. The molecule has 0 fully saturated rings. The first-order valence-electron chi connectivity index (χ1n) is 7.00. The third kappa shape index (κ3) is 2.63.